The van der Waals surface area contributed by atoms with Crippen molar-refractivity contribution in [3.05, 3.63) is 95.0 Å². The van der Waals surface area contributed by atoms with Gasteiger partial charge in [0.2, 0.25) is 0 Å². The van der Waals surface area contributed by atoms with Crippen molar-refractivity contribution in [1.29, 1.82) is 0 Å². The first-order valence-corrected chi connectivity index (χ1v) is 12.9. The number of imidazole rings is 1. The van der Waals surface area contributed by atoms with Gasteiger partial charge in [-0.2, -0.15) is 0 Å². The number of allylic oxidation sites excluding steroid dienone is 1. The second-order valence-corrected chi connectivity index (χ2v) is 10.5. The summed E-state index contributed by atoms with van der Waals surface area (Å²) in [4.78, 5) is 44.5. The molecular weight excluding hydrogens is 504 g/mol. The predicted molar refractivity (Wildman–Crippen MR) is 146 cm³/mol. The zero-order chi connectivity index (χ0) is 27.3. The Morgan fingerprint density at radius 2 is 1.74 bits per heavy atom. The Balaban J connectivity index is 1.70. The fourth-order valence-corrected chi connectivity index (χ4v) is 5.77. The zero-order valence-corrected chi connectivity index (χ0v) is 22.8. The quantitative estimate of drug-likeness (QED) is 0.368. The normalized spacial score (nSPS) is 15.7. The fraction of sp³-hybridized carbons (Fsp3) is 0.286. The highest BCUT2D eigenvalue weighted by Crippen LogP contribution is 2.32. The summed E-state index contributed by atoms with van der Waals surface area (Å²) in [6, 6.07) is 12.2. The molecule has 0 N–H and O–H groups in total. The molecule has 1 aliphatic rings. The van der Waals surface area contributed by atoms with E-state index in [2.05, 4.69) is 4.99 Å². The molecule has 1 atom stereocenters. The molecule has 0 bridgehead atoms. The predicted octanol–water partition coefficient (Wildman–Crippen LogP) is 2.39. The molecule has 0 saturated heterocycles. The monoisotopic (exact) mass is 532 g/mol. The first-order chi connectivity index (χ1) is 18.1. The van der Waals surface area contributed by atoms with Gasteiger partial charge in [0.1, 0.15) is 5.75 Å². The van der Waals surface area contributed by atoms with Gasteiger partial charge in [-0.15, -0.1) is 0 Å². The van der Waals surface area contributed by atoms with Crippen molar-refractivity contribution >= 4 is 34.4 Å². The summed E-state index contributed by atoms with van der Waals surface area (Å²) in [5.74, 6) is 0.158. The molecular formula is C28H28N4O5S. The third-order valence-electron chi connectivity index (χ3n) is 6.61. The summed E-state index contributed by atoms with van der Waals surface area (Å²) >= 11 is 1.26. The Labute approximate surface area is 222 Å². The van der Waals surface area contributed by atoms with Crippen molar-refractivity contribution in [3.8, 4) is 5.75 Å². The molecule has 0 spiro atoms. The molecule has 1 aliphatic heterocycles. The number of aryl methyl sites for hydroxylation is 2. The number of esters is 1. The van der Waals surface area contributed by atoms with E-state index in [4.69, 9.17) is 9.47 Å². The SMILES string of the molecule is COc1ccc([C@H]2C(C(=O)OC(C)C)=C(C)N=c3s/c(=C/c4ccc5c(c4)n(C)c(=O)n5C)c(=O)n32)cc1. The van der Waals surface area contributed by atoms with Gasteiger partial charge in [-0.05, 0) is 62.2 Å². The largest absolute Gasteiger partial charge is 0.497 e. The van der Waals surface area contributed by atoms with Gasteiger partial charge in [0.05, 0.1) is 46.1 Å². The summed E-state index contributed by atoms with van der Waals surface area (Å²) in [6.07, 6.45) is 1.46. The Morgan fingerprint density at radius 1 is 1.05 bits per heavy atom. The number of fused-ring (bicyclic) bond motifs is 2. The number of carbonyl (C=O) groups is 1. The minimum absolute atomic E-state index is 0.118. The first-order valence-electron chi connectivity index (χ1n) is 12.1. The van der Waals surface area contributed by atoms with Crippen molar-refractivity contribution in [2.45, 2.75) is 32.9 Å². The van der Waals surface area contributed by atoms with Crippen molar-refractivity contribution < 1.29 is 14.3 Å². The third-order valence-corrected chi connectivity index (χ3v) is 7.59. The average Bonchev–Trinajstić information content (AvgIpc) is 3.30. The van der Waals surface area contributed by atoms with E-state index in [1.807, 2.05) is 30.3 Å². The molecule has 0 aliphatic carbocycles. The molecule has 0 saturated carbocycles. The van der Waals surface area contributed by atoms with Crippen molar-refractivity contribution in [3.63, 3.8) is 0 Å². The molecule has 196 valence electrons. The maximum absolute atomic E-state index is 13.8. The van der Waals surface area contributed by atoms with E-state index in [0.717, 1.165) is 22.2 Å². The average molecular weight is 533 g/mol. The maximum atomic E-state index is 13.8. The van der Waals surface area contributed by atoms with Crippen LogP contribution in [0.25, 0.3) is 17.1 Å². The number of methoxy groups -OCH3 is 1. The molecule has 2 aromatic carbocycles. The number of carbonyl (C=O) groups excluding carboxylic acids is 1. The second-order valence-electron chi connectivity index (χ2n) is 9.46. The molecule has 5 rings (SSSR count). The van der Waals surface area contributed by atoms with E-state index in [1.54, 1.807) is 73.9 Å². The van der Waals surface area contributed by atoms with E-state index in [9.17, 15) is 14.4 Å². The number of ether oxygens (including phenoxy) is 2. The van der Waals surface area contributed by atoms with Gasteiger partial charge >= 0.3 is 11.7 Å². The van der Waals surface area contributed by atoms with E-state index >= 15 is 0 Å². The number of aromatic nitrogens is 3. The number of nitrogens with zero attached hydrogens (tertiary/aromatic N) is 4. The van der Waals surface area contributed by atoms with E-state index in [1.165, 1.54) is 11.3 Å². The van der Waals surface area contributed by atoms with Crippen LogP contribution in [0.2, 0.25) is 0 Å². The van der Waals surface area contributed by atoms with Crippen LogP contribution in [0.5, 0.6) is 5.75 Å². The molecule has 0 radical (unpaired) electrons. The first kappa shape index (κ1) is 25.5. The summed E-state index contributed by atoms with van der Waals surface area (Å²) in [5, 5.41) is 0. The molecule has 3 heterocycles. The van der Waals surface area contributed by atoms with Gasteiger partial charge in [0.15, 0.2) is 4.80 Å². The third kappa shape index (κ3) is 4.20. The maximum Gasteiger partial charge on any atom is 0.338 e. The van der Waals surface area contributed by atoms with Gasteiger partial charge in [0.25, 0.3) is 5.56 Å². The molecule has 0 unspecified atom stereocenters. The van der Waals surface area contributed by atoms with E-state index in [0.29, 0.717) is 26.4 Å². The summed E-state index contributed by atoms with van der Waals surface area (Å²) in [5.41, 5.74) is 3.54. The Hall–Kier alpha value is -4.18. The molecule has 9 nitrogen and oxygen atoms in total. The lowest BCUT2D eigenvalue weighted by Gasteiger charge is -2.25. The van der Waals surface area contributed by atoms with Gasteiger partial charge in [0, 0.05) is 14.1 Å². The van der Waals surface area contributed by atoms with Gasteiger partial charge in [-0.1, -0.05) is 29.5 Å². The van der Waals surface area contributed by atoms with E-state index < -0.39 is 12.0 Å². The molecule has 0 fully saturated rings. The standard InChI is InChI=1S/C28H28N4O5S/c1-15(2)37-26(34)23-16(3)29-27-32(24(23)18-8-10-19(36-6)11-9-18)25(33)22(38-27)14-17-7-12-20-21(13-17)31(5)28(35)30(20)4/h7-15,24H,1-6H3/b22-14+/t24-/m0/s1. The van der Waals surface area contributed by atoms with Gasteiger partial charge in [-0.25, -0.2) is 14.6 Å². The molecule has 0 amide bonds. The van der Waals surface area contributed by atoms with Crippen molar-refractivity contribution in [2.24, 2.45) is 19.1 Å². The summed E-state index contributed by atoms with van der Waals surface area (Å²) in [7, 11) is 5.03. The minimum atomic E-state index is -0.706. The minimum Gasteiger partial charge on any atom is -0.497 e. The van der Waals surface area contributed by atoms with Crippen molar-refractivity contribution in [1.82, 2.24) is 13.7 Å². The topological polar surface area (TPSA) is 96.8 Å². The number of rotatable bonds is 5. The zero-order valence-electron chi connectivity index (χ0n) is 22.0. The lowest BCUT2D eigenvalue weighted by molar-refractivity contribution is -0.143. The van der Waals surface area contributed by atoms with Crippen LogP contribution in [0.3, 0.4) is 0 Å². The number of thiazole rings is 1. The summed E-state index contributed by atoms with van der Waals surface area (Å²) < 4.78 is 16.0. The highest BCUT2D eigenvalue weighted by Gasteiger charge is 2.33. The number of benzene rings is 2. The highest BCUT2D eigenvalue weighted by molar-refractivity contribution is 7.07. The van der Waals surface area contributed by atoms with Crippen LogP contribution in [0.15, 0.2) is 68.3 Å². The van der Waals surface area contributed by atoms with Crippen LogP contribution in [0.1, 0.15) is 37.9 Å². The highest BCUT2D eigenvalue weighted by atomic mass is 32.1. The van der Waals surface area contributed by atoms with Crippen LogP contribution in [0, 0.1) is 0 Å². The molecule has 4 aromatic rings. The Kier molecular flexibility index (Phi) is 6.44. The van der Waals surface area contributed by atoms with E-state index in [-0.39, 0.29) is 17.4 Å². The van der Waals surface area contributed by atoms with Crippen molar-refractivity contribution in [2.75, 3.05) is 7.11 Å². The van der Waals surface area contributed by atoms with Gasteiger partial charge < -0.3 is 9.47 Å². The number of hydrogen-bond donors (Lipinski definition) is 0. The van der Waals surface area contributed by atoms with Crippen LogP contribution >= 0.6 is 11.3 Å². The smallest absolute Gasteiger partial charge is 0.338 e. The fourth-order valence-electron chi connectivity index (χ4n) is 4.73. The lowest BCUT2D eigenvalue weighted by Crippen LogP contribution is -2.40. The molecule has 10 heteroatoms. The Morgan fingerprint density at radius 3 is 2.39 bits per heavy atom. The molecule has 2 aromatic heterocycles. The van der Waals surface area contributed by atoms with Crippen LogP contribution in [-0.4, -0.2) is 32.9 Å². The van der Waals surface area contributed by atoms with Crippen LogP contribution in [-0.2, 0) is 23.6 Å². The van der Waals surface area contributed by atoms with Gasteiger partial charge in [-0.3, -0.25) is 18.5 Å². The second kappa shape index (κ2) is 9.60. The summed E-state index contributed by atoms with van der Waals surface area (Å²) in [6.45, 7) is 5.32. The Bertz CT molecular complexity index is 1850. The van der Waals surface area contributed by atoms with Crippen LogP contribution < -0.4 is 25.3 Å². The molecule has 38 heavy (non-hydrogen) atoms. The van der Waals surface area contributed by atoms with Crippen LogP contribution in [0.4, 0.5) is 0 Å². The number of hydrogen-bond acceptors (Lipinski definition) is 7. The lowest BCUT2D eigenvalue weighted by atomic mass is 9.96.